The van der Waals surface area contributed by atoms with Gasteiger partial charge >= 0.3 is 0 Å². The van der Waals surface area contributed by atoms with E-state index in [1.807, 2.05) is 26.0 Å². The molecule has 4 nitrogen and oxygen atoms in total. The number of halogens is 1. The van der Waals surface area contributed by atoms with E-state index in [-0.39, 0.29) is 11.8 Å². The number of benzene rings is 2. The number of rotatable bonds is 6. The van der Waals surface area contributed by atoms with Crippen LogP contribution < -0.4 is 10.6 Å². The van der Waals surface area contributed by atoms with Gasteiger partial charge in [0.2, 0.25) is 0 Å². The summed E-state index contributed by atoms with van der Waals surface area (Å²) in [7, 11) is 0. The lowest BCUT2D eigenvalue weighted by molar-refractivity contribution is 0.0938. The Morgan fingerprint density at radius 3 is 1.88 bits per heavy atom. The van der Waals surface area contributed by atoms with Crippen LogP contribution in [0.5, 0.6) is 0 Å². The molecule has 2 aromatic rings. The van der Waals surface area contributed by atoms with E-state index in [4.69, 9.17) is 11.6 Å². The molecule has 0 unspecified atom stereocenters. The van der Waals surface area contributed by atoms with E-state index >= 15 is 0 Å². The van der Waals surface area contributed by atoms with Gasteiger partial charge in [-0.15, -0.1) is 0 Å². The van der Waals surface area contributed by atoms with Crippen LogP contribution in [-0.4, -0.2) is 18.4 Å². The third-order valence-electron chi connectivity index (χ3n) is 3.45. The fourth-order valence-electron chi connectivity index (χ4n) is 2.06. The minimum Gasteiger partial charge on any atom is -0.352 e. The highest BCUT2D eigenvalue weighted by Gasteiger charge is 2.09. The van der Waals surface area contributed by atoms with Crippen LogP contribution in [0.3, 0.4) is 0 Å². The van der Waals surface area contributed by atoms with Crippen LogP contribution >= 0.6 is 11.6 Å². The molecule has 2 rings (SSSR count). The number of hydrogen-bond donors (Lipinski definition) is 2. The Balaban J connectivity index is 1.91. The maximum Gasteiger partial charge on any atom is 0.251 e. The van der Waals surface area contributed by atoms with Crippen molar-refractivity contribution in [1.29, 1.82) is 0 Å². The summed E-state index contributed by atoms with van der Waals surface area (Å²) in [6.07, 6.45) is 0. The van der Waals surface area contributed by atoms with Gasteiger partial charge in [-0.3, -0.25) is 9.59 Å². The first-order chi connectivity index (χ1) is 11.5. The number of nitrogens with one attached hydrogen (secondary N) is 2. The van der Waals surface area contributed by atoms with Gasteiger partial charge in [0.25, 0.3) is 11.8 Å². The van der Waals surface area contributed by atoms with Crippen molar-refractivity contribution >= 4 is 23.4 Å². The molecule has 0 aromatic heterocycles. The van der Waals surface area contributed by atoms with Crippen molar-refractivity contribution in [3.63, 3.8) is 0 Å². The van der Waals surface area contributed by atoms with Crippen LogP contribution in [0.15, 0.2) is 48.5 Å². The molecule has 0 spiro atoms. The van der Waals surface area contributed by atoms with Crippen LogP contribution in [0.4, 0.5) is 0 Å². The van der Waals surface area contributed by atoms with E-state index in [2.05, 4.69) is 10.6 Å². The molecule has 0 heterocycles. The van der Waals surface area contributed by atoms with Gasteiger partial charge in [0, 0.05) is 29.2 Å². The number of carbonyl (C=O) groups excluding carboxylic acids is 2. The van der Waals surface area contributed by atoms with Gasteiger partial charge in [0.05, 0.1) is 0 Å². The molecule has 2 amide bonds. The molecule has 0 atom stereocenters. The predicted molar refractivity (Wildman–Crippen MR) is 96.2 cm³/mol. The molecule has 0 aliphatic heterocycles. The summed E-state index contributed by atoms with van der Waals surface area (Å²) in [5, 5.41) is 6.35. The lowest BCUT2D eigenvalue weighted by Crippen LogP contribution is -2.27. The molecule has 0 saturated heterocycles. The van der Waals surface area contributed by atoms with Gasteiger partial charge in [-0.1, -0.05) is 37.6 Å². The highest BCUT2D eigenvalue weighted by atomic mass is 35.5. The van der Waals surface area contributed by atoms with Crippen LogP contribution in [0.25, 0.3) is 0 Å². The fraction of sp³-hybridized carbons (Fsp3) is 0.263. The first-order valence-electron chi connectivity index (χ1n) is 7.86. The summed E-state index contributed by atoms with van der Waals surface area (Å²) >= 11 is 5.83. The van der Waals surface area contributed by atoms with Gasteiger partial charge in [-0.05, 0) is 47.9 Å². The Morgan fingerprint density at radius 2 is 1.38 bits per heavy atom. The second-order valence-corrected chi connectivity index (χ2v) is 6.43. The molecule has 0 bridgehead atoms. The minimum absolute atomic E-state index is 0.128. The van der Waals surface area contributed by atoms with E-state index in [1.165, 1.54) is 0 Å². The molecular formula is C19H21ClN2O2. The van der Waals surface area contributed by atoms with Crippen molar-refractivity contribution < 1.29 is 9.59 Å². The molecule has 2 aromatic carbocycles. The zero-order valence-electron chi connectivity index (χ0n) is 13.8. The predicted octanol–water partition coefficient (Wildman–Crippen LogP) is 3.66. The lowest BCUT2D eigenvalue weighted by atomic mass is 10.1. The van der Waals surface area contributed by atoms with Crippen LogP contribution in [0, 0.1) is 5.92 Å². The van der Waals surface area contributed by atoms with E-state index in [0.29, 0.717) is 35.2 Å². The highest BCUT2D eigenvalue weighted by Crippen LogP contribution is 2.10. The summed E-state index contributed by atoms with van der Waals surface area (Å²) in [5.41, 5.74) is 2.03. The molecule has 0 radical (unpaired) electrons. The molecule has 24 heavy (non-hydrogen) atoms. The molecule has 5 heteroatoms. The summed E-state index contributed by atoms with van der Waals surface area (Å²) in [6, 6.07) is 13.9. The van der Waals surface area contributed by atoms with Crippen LogP contribution in [-0.2, 0) is 6.54 Å². The standard InChI is InChI=1S/C19H21ClN2O2/c1-13(2)11-21-18(23)15-5-7-16(8-6-15)19(24)22-12-14-3-9-17(20)10-4-14/h3-10,13H,11-12H2,1-2H3,(H,21,23)(H,22,24). The average Bonchev–Trinajstić information content (AvgIpc) is 2.59. The van der Waals surface area contributed by atoms with E-state index in [1.54, 1.807) is 36.4 Å². The Morgan fingerprint density at radius 1 is 0.875 bits per heavy atom. The second-order valence-electron chi connectivity index (χ2n) is 5.99. The van der Waals surface area contributed by atoms with Crippen molar-refractivity contribution in [2.24, 2.45) is 5.92 Å². The highest BCUT2D eigenvalue weighted by molar-refractivity contribution is 6.30. The molecule has 0 aliphatic rings. The van der Waals surface area contributed by atoms with Gasteiger partial charge in [-0.2, -0.15) is 0 Å². The zero-order chi connectivity index (χ0) is 17.5. The molecule has 0 fully saturated rings. The van der Waals surface area contributed by atoms with Gasteiger partial charge < -0.3 is 10.6 Å². The largest absolute Gasteiger partial charge is 0.352 e. The van der Waals surface area contributed by atoms with Crippen molar-refractivity contribution in [1.82, 2.24) is 10.6 Å². The third-order valence-corrected chi connectivity index (χ3v) is 3.70. The van der Waals surface area contributed by atoms with Gasteiger partial charge in [0.1, 0.15) is 0 Å². The summed E-state index contributed by atoms with van der Waals surface area (Å²) in [6.45, 7) is 5.12. The normalized spacial score (nSPS) is 10.5. The van der Waals surface area contributed by atoms with Gasteiger partial charge in [-0.25, -0.2) is 0 Å². The van der Waals surface area contributed by atoms with E-state index in [9.17, 15) is 9.59 Å². The zero-order valence-corrected chi connectivity index (χ0v) is 14.6. The molecular weight excluding hydrogens is 324 g/mol. The lowest BCUT2D eigenvalue weighted by Gasteiger charge is -2.09. The van der Waals surface area contributed by atoms with E-state index in [0.717, 1.165) is 5.56 Å². The van der Waals surface area contributed by atoms with Crippen molar-refractivity contribution in [2.45, 2.75) is 20.4 Å². The van der Waals surface area contributed by atoms with E-state index < -0.39 is 0 Å². The van der Waals surface area contributed by atoms with Gasteiger partial charge in [0.15, 0.2) is 0 Å². The topological polar surface area (TPSA) is 58.2 Å². The Kier molecular flexibility index (Phi) is 6.38. The summed E-state index contributed by atoms with van der Waals surface area (Å²) in [4.78, 5) is 24.1. The van der Waals surface area contributed by atoms with Crippen molar-refractivity contribution in [3.05, 3.63) is 70.2 Å². The second kappa shape index (κ2) is 8.50. The van der Waals surface area contributed by atoms with Crippen LogP contribution in [0.1, 0.15) is 40.1 Å². The number of amides is 2. The fourth-order valence-corrected chi connectivity index (χ4v) is 2.18. The van der Waals surface area contributed by atoms with Crippen molar-refractivity contribution in [2.75, 3.05) is 6.54 Å². The number of hydrogen-bond acceptors (Lipinski definition) is 2. The Hall–Kier alpha value is -2.33. The third kappa shape index (κ3) is 5.39. The smallest absolute Gasteiger partial charge is 0.251 e. The first-order valence-corrected chi connectivity index (χ1v) is 8.24. The Labute approximate surface area is 147 Å². The maximum absolute atomic E-state index is 12.1. The number of carbonyl (C=O) groups is 2. The quantitative estimate of drug-likeness (QED) is 0.840. The first kappa shape index (κ1) is 18.0. The monoisotopic (exact) mass is 344 g/mol. The maximum atomic E-state index is 12.1. The SMILES string of the molecule is CC(C)CNC(=O)c1ccc(C(=O)NCc2ccc(Cl)cc2)cc1. The summed E-state index contributed by atoms with van der Waals surface area (Å²) < 4.78 is 0. The average molecular weight is 345 g/mol. The minimum atomic E-state index is -0.181. The molecule has 0 aliphatic carbocycles. The molecule has 2 N–H and O–H groups in total. The summed E-state index contributed by atoms with van der Waals surface area (Å²) in [5.74, 6) is 0.0859. The van der Waals surface area contributed by atoms with Crippen molar-refractivity contribution in [3.8, 4) is 0 Å². The van der Waals surface area contributed by atoms with Crippen LogP contribution in [0.2, 0.25) is 5.02 Å². The Bertz CT molecular complexity index is 694. The molecule has 0 saturated carbocycles. The molecule has 126 valence electrons.